The third-order valence-corrected chi connectivity index (χ3v) is 4.72. The van der Waals surface area contributed by atoms with Crippen molar-refractivity contribution in [2.75, 3.05) is 19.6 Å². The van der Waals surface area contributed by atoms with Crippen molar-refractivity contribution in [3.05, 3.63) is 47.8 Å². The van der Waals surface area contributed by atoms with E-state index in [9.17, 15) is 9.59 Å². The molecule has 1 aliphatic heterocycles. The first-order chi connectivity index (χ1) is 11.6. The zero-order valence-electron chi connectivity index (χ0n) is 13.7. The van der Waals surface area contributed by atoms with Crippen LogP contribution in [0.5, 0.6) is 0 Å². The third kappa shape index (κ3) is 2.68. The van der Waals surface area contributed by atoms with E-state index in [1.165, 1.54) is 0 Å². The molecule has 0 bridgehead atoms. The van der Waals surface area contributed by atoms with Gasteiger partial charge in [0.2, 0.25) is 5.91 Å². The Morgan fingerprint density at radius 2 is 2.00 bits per heavy atom. The van der Waals surface area contributed by atoms with Crippen molar-refractivity contribution >= 4 is 11.8 Å². The first kappa shape index (κ1) is 14.9. The minimum absolute atomic E-state index is 0.0587. The van der Waals surface area contributed by atoms with Crippen molar-refractivity contribution in [2.45, 2.75) is 25.8 Å². The number of hydrogen-bond acceptors (Lipinski definition) is 3. The number of benzene rings is 1. The van der Waals surface area contributed by atoms with E-state index in [0.717, 1.165) is 24.1 Å². The highest BCUT2D eigenvalue weighted by Crippen LogP contribution is 2.28. The average molecular weight is 324 g/mol. The Kier molecular flexibility index (Phi) is 3.59. The van der Waals surface area contributed by atoms with Crippen molar-refractivity contribution in [3.8, 4) is 5.69 Å². The molecule has 1 saturated heterocycles. The second kappa shape index (κ2) is 5.78. The molecule has 2 heterocycles. The van der Waals surface area contributed by atoms with Crippen molar-refractivity contribution in [3.63, 3.8) is 0 Å². The van der Waals surface area contributed by atoms with Crippen LogP contribution in [0.4, 0.5) is 0 Å². The van der Waals surface area contributed by atoms with Gasteiger partial charge in [0.25, 0.3) is 5.91 Å². The van der Waals surface area contributed by atoms with Crippen LogP contribution in [0.25, 0.3) is 5.69 Å². The molecule has 1 aliphatic carbocycles. The van der Waals surface area contributed by atoms with Crippen LogP contribution < -0.4 is 0 Å². The van der Waals surface area contributed by atoms with Crippen LogP contribution in [0.2, 0.25) is 0 Å². The molecule has 6 heteroatoms. The molecule has 6 nitrogen and oxygen atoms in total. The van der Waals surface area contributed by atoms with Crippen molar-refractivity contribution in [2.24, 2.45) is 0 Å². The Hall–Kier alpha value is -2.63. The van der Waals surface area contributed by atoms with Gasteiger partial charge < -0.3 is 9.80 Å². The maximum absolute atomic E-state index is 12.7. The largest absolute Gasteiger partial charge is 0.336 e. The molecule has 2 aliphatic rings. The van der Waals surface area contributed by atoms with Crippen LogP contribution in [0.15, 0.2) is 36.7 Å². The molecule has 4 rings (SSSR count). The summed E-state index contributed by atoms with van der Waals surface area (Å²) in [4.78, 5) is 28.4. The fourth-order valence-electron chi connectivity index (χ4n) is 3.20. The molecule has 0 spiro atoms. The first-order valence-electron chi connectivity index (χ1n) is 8.33. The van der Waals surface area contributed by atoms with Gasteiger partial charge in [0, 0.05) is 25.3 Å². The van der Waals surface area contributed by atoms with E-state index in [-0.39, 0.29) is 18.4 Å². The number of piperazine rings is 1. The van der Waals surface area contributed by atoms with Gasteiger partial charge in [0.1, 0.15) is 6.54 Å². The molecule has 0 radical (unpaired) electrons. The van der Waals surface area contributed by atoms with Crippen LogP contribution >= 0.6 is 0 Å². The van der Waals surface area contributed by atoms with Crippen molar-refractivity contribution < 1.29 is 9.59 Å². The van der Waals surface area contributed by atoms with E-state index in [0.29, 0.717) is 24.7 Å². The molecule has 1 aromatic carbocycles. The molecule has 1 saturated carbocycles. The number of carbonyl (C=O) groups excluding carboxylic acids is 2. The number of aryl methyl sites for hydroxylation is 1. The highest BCUT2D eigenvalue weighted by atomic mass is 16.2. The van der Waals surface area contributed by atoms with Gasteiger partial charge in [-0.25, -0.2) is 4.68 Å². The molecule has 1 aromatic heterocycles. The van der Waals surface area contributed by atoms with Crippen LogP contribution in [0, 0.1) is 6.92 Å². The highest BCUT2D eigenvalue weighted by molar-refractivity contribution is 5.96. The van der Waals surface area contributed by atoms with Gasteiger partial charge in [-0.3, -0.25) is 9.59 Å². The summed E-state index contributed by atoms with van der Waals surface area (Å²) < 4.78 is 1.71. The molecule has 124 valence electrons. The van der Waals surface area contributed by atoms with Gasteiger partial charge in [0.05, 0.1) is 17.4 Å². The second-order valence-electron chi connectivity index (χ2n) is 6.51. The molecular formula is C18H20N4O2. The highest BCUT2D eigenvalue weighted by Gasteiger charge is 2.37. The standard InChI is InChI=1S/C18H20N4O2/c1-13-4-2-3-5-16(13)22-11-14(10-19-22)18(24)20-8-9-21(15-6-7-15)17(23)12-20/h2-5,10-11,15H,6-9,12H2,1H3. The molecule has 2 fully saturated rings. The van der Waals surface area contributed by atoms with Gasteiger partial charge >= 0.3 is 0 Å². The topological polar surface area (TPSA) is 58.4 Å². The molecule has 0 atom stereocenters. The summed E-state index contributed by atoms with van der Waals surface area (Å²) in [5.74, 6) is -0.0676. The zero-order valence-corrected chi connectivity index (χ0v) is 13.7. The third-order valence-electron chi connectivity index (χ3n) is 4.72. The van der Waals surface area contributed by atoms with Gasteiger partial charge in [0.15, 0.2) is 0 Å². The fourth-order valence-corrected chi connectivity index (χ4v) is 3.20. The monoisotopic (exact) mass is 324 g/mol. The van der Waals surface area contributed by atoms with E-state index < -0.39 is 0 Å². The predicted octanol–water partition coefficient (Wildman–Crippen LogP) is 1.63. The number of hydrogen-bond donors (Lipinski definition) is 0. The normalized spacial score (nSPS) is 18.1. The molecule has 24 heavy (non-hydrogen) atoms. The summed E-state index contributed by atoms with van der Waals surface area (Å²) >= 11 is 0. The van der Waals surface area contributed by atoms with E-state index >= 15 is 0 Å². The van der Waals surface area contributed by atoms with Crippen LogP contribution in [-0.2, 0) is 4.79 Å². The number of carbonyl (C=O) groups is 2. The summed E-state index contributed by atoms with van der Waals surface area (Å²) in [6.45, 7) is 3.41. The maximum atomic E-state index is 12.7. The number of aromatic nitrogens is 2. The summed E-state index contributed by atoms with van der Waals surface area (Å²) in [7, 11) is 0. The van der Waals surface area contributed by atoms with Crippen LogP contribution in [-0.4, -0.2) is 57.1 Å². The SMILES string of the molecule is Cc1ccccc1-n1cc(C(=O)N2CCN(C3CC3)C(=O)C2)cn1. The van der Waals surface area contributed by atoms with E-state index in [2.05, 4.69) is 5.10 Å². The zero-order chi connectivity index (χ0) is 16.7. The lowest BCUT2D eigenvalue weighted by Crippen LogP contribution is -2.52. The fraction of sp³-hybridized carbons (Fsp3) is 0.389. The van der Waals surface area contributed by atoms with Crippen molar-refractivity contribution in [1.82, 2.24) is 19.6 Å². The lowest BCUT2D eigenvalue weighted by Gasteiger charge is -2.34. The Balaban J connectivity index is 1.49. The van der Waals surface area contributed by atoms with Gasteiger partial charge in [-0.05, 0) is 31.4 Å². The molecule has 0 N–H and O–H groups in total. The lowest BCUT2D eigenvalue weighted by molar-refractivity contribution is -0.135. The van der Waals surface area contributed by atoms with Gasteiger partial charge in [-0.15, -0.1) is 0 Å². The number of amides is 2. The molecule has 2 amide bonds. The number of rotatable bonds is 3. The number of para-hydroxylation sites is 1. The Morgan fingerprint density at radius 3 is 2.71 bits per heavy atom. The summed E-state index contributed by atoms with van der Waals surface area (Å²) in [6, 6.07) is 8.31. The van der Waals surface area contributed by atoms with E-state index in [1.54, 1.807) is 22.0 Å². The summed E-state index contributed by atoms with van der Waals surface area (Å²) in [5, 5.41) is 4.31. The molecular weight excluding hydrogens is 304 g/mol. The minimum Gasteiger partial charge on any atom is -0.336 e. The maximum Gasteiger partial charge on any atom is 0.257 e. The van der Waals surface area contributed by atoms with Gasteiger partial charge in [-0.1, -0.05) is 18.2 Å². The molecule has 2 aromatic rings. The molecule has 0 unspecified atom stereocenters. The Morgan fingerprint density at radius 1 is 1.21 bits per heavy atom. The smallest absolute Gasteiger partial charge is 0.257 e. The minimum atomic E-state index is -0.126. The quantitative estimate of drug-likeness (QED) is 0.862. The number of nitrogens with zero attached hydrogens (tertiary/aromatic N) is 4. The van der Waals surface area contributed by atoms with E-state index in [4.69, 9.17) is 0 Å². The van der Waals surface area contributed by atoms with Crippen LogP contribution in [0.1, 0.15) is 28.8 Å². The first-order valence-corrected chi connectivity index (χ1v) is 8.33. The second-order valence-corrected chi connectivity index (χ2v) is 6.51. The average Bonchev–Trinajstić information content (AvgIpc) is 3.31. The predicted molar refractivity (Wildman–Crippen MR) is 88.9 cm³/mol. The Bertz CT molecular complexity index is 794. The summed E-state index contributed by atoms with van der Waals surface area (Å²) in [5.41, 5.74) is 2.56. The Labute approximate surface area is 140 Å². The van der Waals surface area contributed by atoms with Gasteiger partial charge in [-0.2, -0.15) is 5.10 Å². The lowest BCUT2D eigenvalue weighted by atomic mass is 10.2. The van der Waals surface area contributed by atoms with Crippen LogP contribution in [0.3, 0.4) is 0 Å². The summed E-state index contributed by atoms with van der Waals surface area (Å²) in [6.07, 6.45) is 5.51. The van der Waals surface area contributed by atoms with Crippen molar-refractivity contribution in [1.29, 1.82) is 0 Å². The van der Waals surface area contributed by atoms with E-state index in [1.807, 2.05) is 36.1 Å².